The first kappa shape index (κ1) is 13.3. The van der Waals surface area contributed by atoms with E-state index in [0.29, 0.717) is 11.5 Å². The average molecular weight is 257 g/mol. The van der Waals surface area contributed by atoms with Gasteiger partial charge in [-0.25, -0.2) is 0 Å². The number of amides is 1. The standard InChI is InChI=1S/C15H19N3O/c1-9(2)12-7-5-6-8-13(12)16-15(19)14-10(3)17-18-11(14)4/h5-9H,1-4H3,(H,16,19)(H,17,18). The van der Waals surface area contributed by atoms with Gasteiger partial charge in [0.15, 0.2) is 0 Å². The van der Waals surface area contributed by atoms with Gasteiger partial charge in [-0.2, -0.15) is 5.10 Å². The molecule has 1 aromatic heterocycles. The van der Waals surface area contributed by atoms with Crippen LogP contribution in [0.25, 0.3) is 0 Å². The number of aromatic nitrogens is 2. The summed E-state index contributed by atoms with van der Waals surface area (Å²) in [4.78, 5) is 12.3. The van der Waals surface area contributed by atoms with E-state index in [1.54, 1.807) is 0 Å². The van der Waals surface area contributed by atoms with Gasteiger partial charge >= 0.3 is 0 Å². The van der Waals surface area contributed by atoms with Gasteiger partial charge in [0.2, 0.25) is 0 Å². The van der Waals surface area contributed by atoms with Gasteiger partial charge in [0.25, 0.3) is 5.91 Å². The molecule has 0 aliphatic carbocycles. The molecule has 4 heteroatoms. The molecule has 0 saturated carbocycles. The second kappa shape index (κ2) is 5.26. The van der Waals surface area contributed by atoms with E-state index in [1.807, 2.05) is 38.1 Å². The van der Waals surface area contributed by atoms with Crippen LogP contribution in [-0.4, -0.2) is 16.1 Å². The van der Waals surface area contributed by atoms with Gasteiger partial charge in [0.1, 0.15) is 0 Å². The highest BCUT2D eigenvalue weighted by atomic mass is 16.1. The zero-order valence-electron chi connectivity index (χ0n) is 11.7. The molecule has 0 radical (unpaired) electrons. The molecule has 0 spiro atoms. The Morgan fingerprint density at radius 3 is 2.53 bits per heavy atom. The van der Waals surface area contributed by atoms with Crippen LogP contribution in [0.1, 0.15) is 47.1 Å². The van der Waals surface area contributed by atoms with Gasteiger partial charge in [-0.15, -0.1) is 0 Å². The van der Waals surface area contributed by atoms with Crippen molar-refractivity contribution in [2.24, 2.45) is 0 Å². The third kappa shape index (κ3) is 2.67. The molecule has 2 rings (SSSR count). The normalized spacial score (nSPS) is 10.8. The highest BCUT2D eigenvalue weighted by molar-refractivity contribution is 6.06. The molecule has 0 unspecified atom stereocenters. The Morgan fingerprint density at radius 2 is 1.95 bits per heavy atom. The van der Waals surface area contributed by atoms with Gasteiger partial charge < -0.3 is 5.32 Å². The predicted molar refractivity (Wildman–Crippen MR) is 76.5 cm³/mol. The number of nitrogens with one attached hydrogen (secondary N) is 2. The van der Waals surface area contributed by atoms with Gasteiger partial charge in [-0.05, 0) is 31.4 Å². The number of benzene rings is 1. The second-order valence-electron chi connectivity index (χ2n) is 5.01. The topological polar surface area (TPSA) is 57.8 Å². The van der Waals surface area contributed by atoms with Gasteiger partial charge in [-0.3, -0.25) is 9.89 Å². The largest absolute Gasteiger partial charge is 0.322 e. The van der Waals surface area contributed by atoms with Crippen molar-refractivity contribution >= 4 is 11.6 Å². The number of aryl methyl sites for hydroxylation is 2. The average Bonchev–Trinajstić information content (AvgIpc) is 2.69. The molecule has 0 saturated heterocycles. The van der Waals surface area contributed by atoms with Crippen LogP contribution in [0.4, 0.5) is 5.69 Å². The Labute approximate surface area is 113 Å². The number of anilines is 1. The molecule has 1 heterocycles. The fourth-order valence-electron chi connectivity index (χ4n) is 2.18. The quantitative estimate of drug-likeness (QED) is 0.885. The summed E-state index contributed by atoms with van der Waals surface area (Å²) in [5, 5.41) is 9.86. The van der Waals surface area contributed by atoms with E-state index < -0.39 is 0 Å². The molecule has 0 fully saturated rings. The molecular weight excluding hydrogens is 238 g/mol. The number of hydrogen-bond donors (Lipinski definition) is 2. The van der Waals surface area contributed by atoms with Crippen molar-refractivity contribution in [2.45, 2.75) is 33.6 Å². The lowest BCUT2D eigenvalue weighted by atomic mass is 10.0. The zero-order chi connectivity index (χ0) is 14.0. The number of hydrogen-bond acceptors (Lipinski definition) is 2. The van der Waals surface area contributed by atoms with E-state index in [-0.39, 0.29) is 5.91 Å². The SMILES string of the molecule is Cc1n[nH]c(C)c1C(=O)Nc1ccccc1C(C)C. The summed E-state index contributed by atoms with van der Waals surface area (Å²) in [6.07, 6.45) is 0. The first-order chi connectivity index (χ1) is 9.00. The van der Waals surface area contributed by atoms with Crippen LogP contribution in [0.5, 0.6) is 0 Å². The van der Waals surface area contributed by atoms with Crippen LogP contribution >= 0.6 is 0 Å². The molecule has 2 aromatic rings. The summed E-state index contributed by atoms with van der Waals surface area (Å²) in [6, 6.07) is 7.88. The Bertz CT molecular complexity index is 580. The van der Waals surface area contributed by atoms with E-state index >= 15 is 0 Å². The Balaban J connectivity index is 2.30. The predicted octanol–water partition coefficient (Wildman–Crippen LogP) is 3.40. The van der Waals surface area contributed by atoms with E-state index in [1.165, 1.54) is 0 Å². The minimum atomic E-state index is -0.114. The maximum Gasteiger partial charge on any atom is 0.259 e. The molecule has 4 nitrogen and oxygen atoms in total. The van der Waals surface area contributed by atoms with Crippen LogP contribution in [0.2, 0.25) is 0 Å². The van der Waals surface area contributed by atoms with Gasteiger partial charge in [0, 0.05) is 11.4 Å². The Hall–Kier alpha value is -2.10. The molecular formula is C15H19N3O. The van der Waals surface area contributed by atoms with Crippen LogP contribution < -0.4 is 5.32 Å². The van der Waals surface area contributed by atoms with Crippen LogP contribution in [-0.2, 0) is 0 Å². The maximum atomic E-state index is 12.3. The molecule has 1 amide bonds. The van der Waals surface area contributed by atoms with Crippen LogP contribution in [0, 0.1) is 13.8 Å². The van der Waals surface area contributed by atoms with Crippen LogP contribution in [0.15, 0.2) is 24.3 Å². The summed E-state index contributed by atoms with van der Waals surface area (Å²) < 4.78 is 0. The van der Waals surface area contributed by atoms with E-state index in [0.717, 1.165) is 22.6 Å². The lowest BCUT2D eigenvalue weighted by Gasteiger charge is -2.13. The zero-order valence-corrected chi connectivity index (χ0v) is 11.7. The third-order valence-corrected chi connectivity index (χ3v) is 3.19. The summed E-state index contributed by atoms with van der Waals surface area (Å²) in [5.74, 6) is 0.250. The molecule has 0 atom stereocenters. The van der Waals surface area contributed by atoms with Crippen molar-refractivity contribution in [1.82, 2.24) is 10.2 Å². The second-order valence-corrected chi connectivity index (χ2v) is 5.01. The lowest BCUT2D eigenvalue weighted by Crippen LogP contribution is -2.15. The molecule has 2 N–H and O–H groups in total. The lowest BCUT2D eigenvalue weighted by molar-refractivity contribution is 0.102. The highest BCUT2D eigenvalue weighted by Gasteiger charge is 2.16. The van der Waals surface area contributed by atoms with Crippen molar-refractivity contribution in [1.29, 1.82) is 0 Å². The first-order valence-corrected chi connectivity index (χ1v) is 6.42. The first-order valence-electron chi connectivity index (χ1n) is 6.42. The molecule has 0 aliphatic heterocycles. The fourth-order valence-corrected chi connectivity index (χ4v) is 2.18. The number of H-pyrrole nitrogens is 1. The molecule has 0 bridgehead atoms. The highest BCUT2D eigenvalue weighted by Crippen LogP contribution is 2.24. The number of aromatic amines is 1. The Morgan fingerprint density at radius 1 is 1.26 bits per heavy atom. The van der Waals surface area contributed by atoms with Crippen LogP contribution in [0.3, 0.4) is 0 Å². The summed E-state index contributed by atoms with van der Waals surface area (Å²) in [6.45, 7) is 7.90. The number of nitrogens with zero attached hydrogens (tertiary/aromatic N) is 1. The van der Waals surface area contributed by atoms with Crippen molar-refractivity contribution in [3.05, 3.63) is 46.8 Å². The molecule has 19 heavy (non-hydrogen) atoms. The van der Waals surface area contributed by atoms with Crippen molar-refractivity contribution in [2.75, 3.05) is 5.32 Å². The molecule has 0 aliphatic rings. The van der Waals surface area contributed by atoms with Crippen molar-refractivity contribution < 1.29 is 4.79 Å². The van der Waals surface area contributed by atoms with Gasteiger partial charge in [-0.1, -0.05) is 32.0 Å². The summed E-state index contributed by atoms with van der Waals surface area (Å²) >= 11 is 0. The summed E-state index contributed by atoms with van der Waals surface area (Å²) in [5.41, 5.74) is 4.13. The van der Waals surface area contributed by atoms with Crippen molar-refractivity contribution in [3.63, 3.8) is 0 Å². The third-order valence-electron chi connectivity index (χ3n) is 3.19. The van der Waals surface area contributed by atoms with E-state index in [2.05, 4.69) is 29.4 Å². The maximum absolute atomic E-state index is 12.3. The van der Waals surface area contributed by atoms with E-state index in [9.17, 15) is 4.79 Å². The monoisotopic (exact) mass is 257 g/mol. The summed E-state index contributed by atoms with van der Waals surface area (Å²) in [7, 11) is 0. The van der Waals surface area contributed by atoms with Gasteiger partial charge in [0.05, 0.1) is 11.3 Å². The Kier molecular flexibility index (Phi) is 3.69. The number of carbonyl (C=O) groups is 1. The number of para-hydroxylation sites is 1. The minimum absolute atomic E-state index is 0.114. The minimum Gasteiger partial charge on any atom is -0.322 e. The number of rotatable bonds is 3. The van der Waals surface area contributed by atoms with Crippen molar-refractivity contribution in [3.8, 4) is 0 Å². The fraction of sp³-hybridized carbons (Fsp3) is 0.333. The van der Waals surface area contributed by atoms with E-state index in [4.69, 9.17) is 0 Å². The molecule has 100 valence electrons. The smallest absolute Gasteiger partial charge is 0.259 e. The molecule has 1 aromatic carbocycles. The number of carbonyl (C=O) groups excluding carboxylic acids is 1.